The average molecular weight is 746 g/mol. The largest absolute Gasteiger partial charge is 0.472 e. The normalized spacial score (nSPS) is 14.6. The Morgan fingerprint density at radius 3 is 1.52 bits per heavy atom. The van der Waals surface area contributed by atoms with Crippen molar-refractivity contribution < 1.29 is 32.8 Å². The molecule has 0 bridgehead atoms. The lowest BCUT2D eigenvalue weighted by Gasteiger charge is -2.19. The van der Waals surface area contributed by atoms with Gasteiger partial charge < -0.3 is 20.1 Å². The average Bonchev–Trinajstić information content (AvgIpc) is 3.13. The van der Waals surface area contributed by atoms with Crippen molar-refractivity contribution in [2.75, 3.05) is 33.0 Å². The maximum absolute atomic E-state index is 12.5. The van der Waals surface area contributed by atoms with Crippen LogP contribution < -0.4 is 5.73 Å². The minimum atomic E-state index is -4.31. The molecule has 0 aromatic heterocycles. The quantitative estimate of drug-likeness (QED) is 0.0282. The molecule has 0 rings (SSSR count). The molecule has 2 atom stereocenters. The van der Waals surface area contributed by atoms with Crippen LogP contribution in [0.5, 0.6) is 0 Å². The molecular weight excluding hydrogens is 673 g/mol. The molecule has 3 N–H and O–H groups in total. The predicted octanol–water partition coefficient (Wildman–Crippen LogP) is 11.5. The van der Waals surface area contributed by atoms with Crippen LogP contribution in [-0.2, 0) is 27.9 Å². The summed E-state index contributed by atoms with van der Waals surface area (Å²) in [5.41, 5.74) is 5.35. The summed E-state index contributed by atoms with van der Waals surface area (Å²) in [6.45, 7) is 4.51. The molecule has 0 amide bonds. The van der Waals surface area contributed by atoms with E-state index in [0.29, 0.717) is 13.0 Å². The Hall–Kier alpha value is -2.58. The second kappa shape index (κ2) is 39.6. The van der Waals surface area contributed by atoms with Crippen molar-refractivity contribution in [2.24, 2.45) is 5.73 Å². The van der Waals surface area contributed by atoms with Gasteiger partial charge in [-0.15, -0.1) is 0 Å². The smallest absolute Gasteiger partial charge is 0.457 e. The van der Waals surface area contributed by atoms with Gasteiger partial charge in [0.1, 0.15) is 6.10 Å². The summed E-state index contributed by atoms with van der Waals surface area (Å²) in [6, 6.07) is 0. The van der Waals surface area contributed by atoms with Crippen LogP contribution in [0.15, 0.2) is 97.2 Å². The second-order valence-corrected chi connectivity index (χ2v) is 13.8. The maximum atomic E-state index is 12.5. The summed E-state index contributed by atoms with van der Waals surface area (Å²) in [5, 5.41) is 0. The molecule has 0 aliphatic rings. The van der Waals surface area contributed by atoms with Gasteiger partial charge in [0.2, 0.25) is 0 Å². The monoisotopic (exact) mass is 746 g/mol. The molecule has 0 aliphatic heterocycles. The van der Waals surface area contributed by atoms with E-state index in [1.807, 2.05) is 6.08 Å². The van der Waals surface area contributed by atoms with Gasteiger partial charge in [-0.2, -0.15) is 0 Å². The van der Waals surface area contributed by atoms with E-state index in [2.05, 4.69) is 98.9 Å². The molecule has 0 aliphatic carbocycles. The highest BCUT2D eigenvalue weighted by Crippen LogP contribution is 2.43. The van der Waals surface area contributed by atoms with Crippen LogP contribution in [0.4, 0.5) is 0 Å². The highest BCUT2D eigenvalue weighted by atomic mass is 31.2. The summed E-state index contributed by atoms with van der Waals surface area (Å²) >= 11 is 0. The first-order valence-electron chi connectivity index (χ1n) is 19.7. The fraction of sp³-hybridized carbons (Fsp3) is 0.605. The van der Waals surface area contributed by atoms with Crippen LogP contribution in [0, 0.1) is 0 Å². The SMILES string of the molecule is CC/C=C\C/C=C\C/C=C\C/C=C\C/C=C\CC(=O)OC(COCCCCCCCCCC/C=C\C/C=C\C/C=C\CC)COP(=O)(O)OCCN. The van der Waals surface area contributed by atoms with Gasteiger partial charge in [0.15, 0.2) is 0 Å². The lowest BCUT2D eigenvalue weighted by molar-refractivity contribution is -0.153. The number of carbonyl (C=O) groups is 1. The zero-order chi connectivity index (χ0) is 38.1. The van der Waals surface area contributed by atoms with E-state index in [1.165, 1.54) is 32.1 Å². The summed E-state index contributed by atoms with van der Waals surface area (Å²) in [6.07, 6.45) is 51.7. The Kier molecular flexibility index (Phi) is 37.7. The number of ether oxygens (including phenoxy) is 2. The van der Waals surface area contributed by atoms with Crippen LogP contribution in [0.3, 0.4) is 0 Å². The van der Waals surface area contributed by atoms with E-state index in [4.69, 9.17) is 24.3 Å². The Bertz CT molecular complexity index is 1110. The Morgan fingerprint density at radius 2 is 1.02 bits per heavy atom. The highest BCUT2D eigenvalue weighted by Gasteiger charge is 2.25. The standard InChI is InChI=1S/C43H72NO7P/c1-3-5-7-9-11-13-15-17-19-20-21-23-25-27-29-31-33-35-38-48-40-42(41-50-52(46,47)49-39-37-44)51-43(45)36-34-32-30-28-26-24-22-18-16-14-12-10-8-6-4-2/h5-8,11-14,17-19,22,26,28,32,34,42H,3-4,9-10,15-16,20-21,23-25,27,29-31,33,35-41,44H2,1-2H3,(H,46,47)/b7-5-,8-6-,13-11-,14-12-,19-17-,22-18-,28-26-,34-32-. The molecule has 52 heavy (non-hydrogen) atoms. The van der Waals surface area contributed by atoms with Gasteiger partial charge in [-0.25, -0.2) is 4.57 Å². The molecule has 0 aromatic rings. The number of hydrogen-bond donors (Lipinski definition) is 2. The van der Waals surface area contributed by atoms with Gasteiger partial charge >= 0.3 is 13.8 Å². The number of phosphoric ester groups is 1. The number of carbonyl (C=O) groups excluding carboxylic acids is 1. The molecule has 0 radical (unpaired) electrons. The number of phosphoric acid groups is 1. The molecular formula is C43H72NO7P. The Balaban J connectivity index is 4.23. The van der Waals surface area contributed by atoms with Gasteiger partial charge in [-0.05, 0) is 70.6 Å². The summed E-state index contributed by atoms with van der Waals surface area (Å²) in [7, 11) is -4.31. The van der Waals surface area contributed by atoms with E-state index < -0.39 is 19.9 Å². The lowest BCUT2D eigenvalue weighted by Crippen LogP contribution is -2.28. The van der Waals surface area contributed by atoms with Gasteiger partial charge in [0, 0.05) is 13.2 Å². The third kappa shape index (κ3) is 38.6. The molecule has 2 unspecified atom stereocenters. The van der Waals surface area contributed by atoms with Crippen LogP contribution >= 0.6 is 7.82 Å². The number of rotatable bonds is 36. The van der Waals surface area contributed by atoms with Crippen molar-refractivity contribution in [1.29, 1.82) is 0 Å². The molecule has 0 fully saturated rings. The molecule has 0 heterocycles. The van der Waals surface area contributed by atoms with E-state index >= 15 is 0 Å². The molecule has 0 saturated carbocycles. The van der Waals surface area contributed by atoms with E-state index in [-0.39, 0.29) is 32.8 Å². The maximum Gasteiger partial charge on any atom is 0.472 e. The third-order valence-corrected chi connectivity index (χ3v) is 8.51. The predicted molar refractivity (Wildman–Crippen MR) is 219 cm³/mol. The third-order valence-electron chi connectivity index (χ3n) is 7.53. The molecule has 0 aromatic carbocycles. The molecule has 8 nitrogen and oxygen atoms in total. The van der Waals surface area contributed by atoms with Crippen LogP contribution in [-0.4, -0.2) is 49.9 Å². The van der Waals surface area contributed by atoms with Gasteiger partial charge in [-0.1, -0.05) is 150 Å². The number of hydrogen-bond acceptors (Lipinski definition) is 7. The minimum Gasteiger partial charge on any atom is -0.457 e. The van der Waals surface area contributed by atoms with Crippen LogP contribution in [0.1, 0.15) is 129 Å². The van der Waals surface area contributed by atoms with Crippen molar-refractivity contribution >= 4 is 13.8 Å². The zero-order valence-electron chi connectivity index (χ0n) is 32.5. The molecule has 0 spiro atoms. The Morgan fingerprint density at radius 1 is 0.577 bits per heavy atom. The van der Waals surface area contributed by atoms with E-state index in [9.17, 15) is 14.3 Å². The summed E-state index contributed by atoms with van der Waals surface area (Å²) in [5.74, 6) is -0.464. The summed E-state index contributed by atoms with van der Waals surface area (Å²) < 4.78 is 33.2. The van der Waals surface area contributed by atoms with E-state index in [0.717, 1.165) is 70.6 Å². The fourth-order valence-corrected chi connectivity index (χ4v) is 5.50. The van der Waals surface area contributed by atoms with E-state index in [1.54, 1.807) is 6.08 Å². The highest BCUT2D eigenvalue weighted by molar-refractivity contribution is 7.47. The van der Waals surface area contributed by atoms with Gasteiger partial charge in [0.05, 0.1) is 26.2 Å². The van der Waals surface area contributed by atoms with Crippen molar-refractivity contribution in [1.82, 2.24) is 0 Å². The number of esters is 1. The molecule has 0 saturated heterocycles. The van der Waals surface area contributed by atoms with Gasteiger partial charge in [-0.3, -0.25) is 13.8 Å². The number of allylic oxidation sites excluding steroid dienone is 15. The topological polar surface area (TPSA) is 117 Å². The van der Waals surface area contributed by atoms with Crippen molar-refractivity contribution in [3.63, 3.8) is 0 Å². The number of unbranched alkanes of at least 4 members (excludes halogenated alkanes) is 8. The second-order valence-electron chi connectivity index (χ2n) is 12.4. The Labute approximate surface area is 317 Å². The van der Waals surface area contributed by atoms with Crippen molar-refractivity contribution in [3.05, 3.63) is 97.2 Å². The molecule has 9 heteroatoms. The lowest BCUT2D eigenvalue weighted by atomic mass is 10.1. The van der Waals surface area contributed by atoms with Gasteiger partial charge in [0.25, 0.3) is 0 Å². The van der Waals surface area contributed by atoms with Crippen LogP contribution in [0.25, 0.3) is 0 Å². The zero-order valence-corrected chi connectivity index (χ0v) is 33.4. The van der Waals surface area contributed by atoms with Crippen molar-refractivity contribution in [3.8, 4) is 0 Å². The first-order valence-corrected chi connectivity index (χ1v) is 21.2. The minimum absolute atomic E-state index is 0.0648. The summed E-state index contributed by atoms with van der Waals surface area (Å²) in [4.78, 5) is 22.3. The fourth-order valence-electron chi connectivity index (χ4n) is 4.73. The van der Waals surface area contributed by atoms with Crippen LogP contribution in [0.2, 0.25) is 0 Å². The first-order chi connectivity index (χ1) is 25.4. The first kappa shape index (κ1) is 49.4. The number of nitrogens with two attached hydrogens (primary N) is 1. The molecule has 296 valence electrons. The van der Waals surface area contributed by atoms with Crippen molar-refractivity contribution in [2.45, 2.75) is 136 Å².